The number of rotatable bonds is 6. The molecular formula is C10H16N2O4S2. The maximum atomic E-state index is 11.7. The van der Waals surface area contributed by atoms with Gasteiger partial charge in [0.1, 0.15) is 0 Å². The van der Waals surface area contributed by atoms with Crippen LogP contribution in [0.1, 0.15) is 5.56 Å². The molecule has 0 saturated heterocycles. The highest BCUT2D eigenvalue weighted by Crippen LogP contribution is 2.16. The average molecular weight is 292 g/mol. The van der Waals surface area contributed by atoms with E-state index in [4.69, 9.17) is 0 Å². The first kappa shape index (κ1) is 14.9. The van der Waals surface area contributed by atoms with Gasteiger partial charge in [0.05, 0.1) is 5.69 Å². The Balaban J connectivity index is 2.97. The number of hydrogen-bond acceptors (Lipinski definition) is 5. The Labute approximate surface area is 107 Å². The Morgan fingerprint density at radius 2 is 1.72 bits per heavy atom. The summed E-state index contributed by atoms with van der Waals surface area (Å²) < 4.78 is 47.6. The Morgan fingerprint density at radius 1 is 1.11 bits per heavy atom. The topological polar surface area (TPSA) is 92.3 Å². The van der Waals surface area contributed by atoms with Gasteiger partial charge in [-0.1, -0.05) is 18.2 Å². The van der Waals surface area contributed by atoms with E-state index in [-0.39, 0.29) is 0 Å². The van der Waals surface area contributed by atoms with E-state index in [1.165, 1.54) is 0 Å². The Hall–Kier alpha value is -1.12. The van der Waals surface area contributed by atoms with E-state index >= 15 is 0 Å². The molecule has 0 saturated carbocycles. The fourth-order valence-electron chi connectivity index (χ4n) is 1.44. The van der Waals surface area contributed by atoms with Crippen molar-refractivity contribution in [3.63, 3.8) is 0 Å². The number of benzene rings is 1. The molecule has 0 heterocycles. The molecule has 6 nitrogen and oxygen atoms in total. The SMILES string of the molecule is CNCc1ccccc1NS(=O)(=O)CS(C)(=O)=O. The maximum Gasteiger partial charge on any atom is 0.247 e. The van der Waals surface area contributed by atoms with E-state index in [2.05, 4.69) is 10.0 Å². The fraction of sp³-hybridized carbons (Fsp3) is 0.400. The minimum Gasteiger partial charge on any atom is -0.316 e. The summed E-state index contributed by atoms with van der Waals surface area (Å²) >= 11 is 0. The van der Waals surface area contributed by atoms with E-state index in [0.717, 1.165) is 11.8 Å². The highest BCUT2D eigenvalue weighted by molar-refractivity contribution is 8.08. The third-order valence-corrected chi connectivity index (χ3v) is 5.50. The molecular weight excluding hydrogens is 276 g/mol. The fourth-order valence-corrected chi connectivity index (χ4v) is 4.47. The van der Waals surface area contributed by atoms with Crippen molar-refractivity contribution in [2.45, 2.75) is 6.54 Å². The molecule has 0 bridgehead atoms. The summed E-state index contributed by atoms with van der Waals surface area (Å²) in [6.45, 7) is 0.484. The van der Waals surface area contributed by atoms with Crippen molar-refractivity contribution in [2.75, 3.05) is 23.1 Å². The highest BCUT2D eigenvalue weighted by Gasteiger charge is 2.18. The van der Waals surface area contributed by atoms with Gasteiger partial charge in [-0.15, -0.1) is 0 Å². The first-order valence-electron chi connectivity index (χ1n) is 5.14. The molecule has 0 aliphatic heterocycles. The first-order valence-corrected chi connectivity index (χ1v) is 8.85. The van der Waals surface area contributed by atoms with Crippen LogP contribution in [0.25, 0.3) is 0 Å². The van der Waals surface area contributed by atoms with Crippen LogP contribution in [0.15, 0.2) is 24.3 Å². The normalized spacial score (nSPS) is 12.3. The lowest BCUT2D eigenvalue weighted by Gasteiger charge is -2.11. The van der Waals surface area contributed by atoms with Crippen LogP contribution in [0.4, 0.5) is 5.69 Å². The van der Waals surface area contributed by atoms with Crippen molar-refractivity contribution < 1.29 is 16.8 Å². The zero-order chi connectivity index (χ0) is 13.8. The predicted molar refractivity (Wildman–Crippen MR) is 71.5 cm³/mol. The third-order valence-electron chi connectivity index (χ3n) is 2.02. The highest BCUT2D eigenvalue weighted by atomic mass is 32.3. The molecule has 8 heteroatoms. The first-order chi connectivity index (χ1) is 8.23. The molecule has 1 rings (SSSR count). The quantitative estimate of drug-likeness (QED) is 0.778. The van der Waals surface area contributed by atoms with Gasteiger partial charge >= 0.3 is 0 Å². The van der Waals surface area contributed by atoms with Crippen LogP contribution in [-0.4, -0.2) is 35.2 Å². The molecule has 0 radical (unpaired) electrons. The van der Waals surface area contributed by atoms with Crippen LogP contribution in [0, 0.1) is 0 Å². The van der Waals surface area contributed by atoms with Crippen LogP contribution in [-0.2, 0) is 26.4 Å². The Bertz CT molecular complexity index is 609. The summed E-state index contributed by atoms with van der Waals surface area (Å²) in [4.78, 5) is 0. The number of anilines is 1. The molecule has 0 atom stereocenters. The average Bonchev–Trinajstić information content (AvgIpc) is 2.17. The smallest absolute Gasteiger partial charge is 0.247 e. The molecule has 0 aliphatic carbocycles. The van der Waals surface area contributed by atoms with Gasteiger partial charge in [-0.25, -0.2) is 16.8 Å². The third kappa shape index (κ3) is 5.03. The van der Waals surface area contributed by atoms with Gasteiger partial charge < -0.3 is 5.32 Å². The molecule has 0 fully saturated rings. The number of nitrogens with one attached hydrogen (secondary N) is 2. The number of sulfone groups is 1. The molecule has 2 N–H and O–H groups in total. The van der Waals surface area contributed by atoms with E-state index in [0.29, 0.717) is 12.2 Å². The molecule has 0 aliphatic rings. The predicted octanol–water partition coefficient (Wildman–Crippen LogP) is 0.150. The summed E-state index contributed by atoms with van der Waals surface area (Å²) in [5, 5.41) is 1.98. The van der Waals surface area contributed by atoms with Gasteiger partial charge in [0.25, 0.3) is 0 Å². The largest absolute Gasteiger partial charge is 0.316 e. The van der Waals surface area contributed by atoms with Crippen LogP contribution >= 0.6 is 0 Å². The minimum atomic E-state index is -3.90. The van der Waals surface area contributed by atoms with Crippen LogP contribution in [0.2, 0.25) is 0 Å². The summed E-state index contributed by atoms with van der Waals surface area (Å²) in [5.41, 5.74) is 1.13. The van der Waals surface area contributed by atoms with Crippen molar-refractivity contribution in [1.82, 2.24) is 5.32 Å². The standard InChI is InChI=1S/C10H16N2O4S2/c1-11-7-9-5-3-4-6-10(9)12-18(15,16)8-17(2,13)14/h3-6,11-12H,7-8H2,1-2H3. The van der Waals surface area contributed by atoms with E-state index in [1.807, 2.05) is 0 Å². The van der Waals surface area contributed by atoms with Gasteiger partial charge in [0.2, 0.25) is 10.0 Å². The lowest BCUT2D eigenvalue weighted by Crippen LogP contribution is -2.23. The number of hydrogen-bond donors (Lipinski definition) is 2. The van der Waals surface area contributed by atoms with E-state index in [9.17, 15) is 16.8 Å². The van der Waals surface area contributed by atoms with E-state index < -0.39 is 24.9 Å². The molecule has 0 unspecified atom stereocenters. The summed E-state index contributed by atoms with van der Waals surface area (Å²) in [7, 11) is -5.75. The molecule has 0 amide bonds. The van der Waals surface area contributed by atoms with Crippen LogP contribution in [0.3, 0.4) is 0 Å². The molecule has 1 aromatic rings. The monoisotopic (exact) mass is 292 g/mol. The molecule has 18 heavy (non-hydrogen) atoms. The molecule has 1 aromatic carbocycles. The number of sulfonamides is 1. The Morgan fingerprint density at radius 3 is 2.28 bits per heavy atom. The maximum absolute atomic E-state index is 11.7. The van der Waals surface area contributed by atoms with Crippen LogP contribution in [0.5, 0.6) is 0 Å². The van der Waals surface area contributed by atoms with Gasteiger partial charge in [-0.3, -0.25) is 4.72 Å². The van der Waals surface area contributed by atoms with Crippen molar-refractivity contribution in [3.05, 3.63) is 29.8 Å². The molecule has 0 spiro atoms. The van der Waals surface area contributed by atoms with Crippen molar-refractivity contribution >= 4 is 25.5 Å². The van der Waals surface area contributed by atoms with Crippen molar-refractivity contribution in [3.8, 4) is 0 Å². The van der Waals surface area contributed by atoms with E-state index in [1.54, 1.807) is 31.3 Å². The van der Waals surface area contributed by atoms with Crippen molar-refractivity contribution in [1.29, 1.82) is 0 Å². The zero-order valence-electron chi connectivity index (χ0n) is 10.2. The van der Waals surface area contributed by atoms with Gasteiger partial charge in [-0.05, 0) is 18.7 Å². The second-order valence-corrected chi connectivity index (χ2v) is 8.18. The number of para-hydroxylation sites is 1. The second kappa shape index (κ2) is 5.68. The summed E-state index contributed by atoms with van der Waals surface area (Å²) in [6, 6.07) is 6.81. The van der Waals surface area contributed by atoms with Crippen LogP contribution < -0.4 is 10.0 Å². The van der Waals surface area contributed by atoms with Gasteiger partial charge in [0, 0.05) is 12.8 Å². The summed E-state index contributed by atoms with van der Waals surface area (Å²) in [5.74, 6) is 0. The Kier molecular flexibility index (Phi) is 4.71. The van der Waals surface area contributed by atoms with Crippen molar-refractivity contribution in [2.24, 2.45) is 0 Å². The lowest BCUT2D eigenvalue weighted by atomic mass is 10.2. The zero-order valence-corrected chi connectivity index (χ0v) is 11.8. The molecule has 102 valence electrons. The summed E-state index contributed by atoms with van der Waals surface area (Å²) in [6.07, 6.45) is 0.881. The second-order valence-electron chi connectivity index (χ2n) is 3.95. The minimum absolute atomic E-state index is 0.385. The van der Waals surface area contributed by atoms with Gasteiger partial charge in [0.15, 0.2) is 14.9 Å². The molecule has 0 aromatic heterocycles. The van der Waals surface area contributed by atoms with Gasteiger partial charge in [-0.2, -0.15) is 0 Å². The lowest BCUT2D eigenvalue weighted by molar-refractivity contribution is 0.595.